The number of amides is 2. The zero-order valence-corrected chi connectivity index (χ0v) is 12.1. The number of piperidine rings is 1. The van der Waals surface area contributed by atoms with Crippen molar-refractivity contribution >= 4 is 34.8 Å². The van der Waals surface area contributed by atoms with Gasteiger partial charge in [-0.3, -0.25) is 9.59 Å². The number of ether oxygens (including phenoxy) is 1. The second-order valence-electron chi connectivity index (χ2n) is 4.64. The molecule has 0 aromatic carbocycles. The van der Waals surface area contributed by atoms with E-state index >= 15 is 0 Å². The van der Waals surface area contributed by atoms with E-state index in [9.17, 15) is 14.4 Å². The molecule has 1 aliphatic heterocycles. The van der Waals surface area contributed by atoms with Gasteiger partial charge in [-0.2, -0.15) is 0 Å². The largest absolute Gasteiger partial charge is 0.465 e. The number of rotatable bonds is 3. The van der Waals surface area contributed by atoms with Gasteiger partial charge in [0, 0.05) is 13.0 Å². The van der Waals surface area contributed by atoms with Crippen molar-refractivity contribution in [2.45, 2.75) is 19.8 Å². The Morgan fingerprint density at radius 3 is 2.85 bits per heavy atom. The predicted octanol–water partition coefficient (Wildman–Crippen LogP) is 1.31. The Morgan fingerprint density at radius 2 is 2.25 bits per heavy atom. The van der Waals surface area contributed by atoms with Crippen molar-refractivity contribution in [1.82, 2.24) is 5.32 Å². The minimum Gasteiger partial charge on any atom is -0.465 e. The molecule has 2 amide bonds. The summed E-state index contributed by atoms with van der Waals surface area (Å²) in [7, 11) is 1.31. The molecule has 1 unspecified atom stereocenters. The standard InChI is InChI=1S/C13H16N2O4S/c1-7-6-20-11(13(18)19-2)10(7)15-12(17)8-3-4-9(16)14-5-8/h6,8H,3-5H2,1-2H3,(H,14,16)(H,15,17). The first-order valence-electron chi connectivity index (χ1n) is 6.27. The number of anilines is 1. The van der Waals surface area contributed by atoms with E-state index in [4.69, 9.17) is 4.74 Å². The smallest absolute Gasteiger partial charge is 0.350 e. The number of thiophene rings is 1. The molecule has 1 fully saturated rings. The highest BCUT2D eigenvalue weighted by molar-refractivity contribution is 7.12. The molecule has 0 aliphatic carbocycles. The highest BCUT2D eigenvalue weighted by Gasteiger charge is 2.26. The quantitative estimate of drug-likeness (QED) is 0.824. The topological polar surface area (TPSA) is 84.5 Å². The molecule has 0 radical (unpaired) electrons. The molecule has 7 heteroatoms. The Balaban J connectivity index is 2.09. The van der Waals surface area contributed by atoms with Crippen molar-refractivity contribution in [2.75, 3.05) is 19.0 Å². The molecule has 0 saturated carbocycles. The molecule has 1 aromatic heterocycles. The maximum Gasteiger partial charge on any atom is 0.350 e. The highest BCUT2D eigenvalue weighted by atomic mass is 32.1. The molecule has 2 N–H and O–H groups in total. The fourth-order valence-corrected chi connectivity index (χ4v) is 2.95. The second-order valence-corrected chi connectivity index (χ2v) is 5.52. The Hall–Kier alpha value is -1.89. The van der Waals surface area contributed by atoms with Crippen LogP contribution in [0.25, 0.3) is 0 Å². The Kier molecular flexibility index (Phi) is 4.39. The van der Waals surface area contributed by atoms with E-state index in [1.54, 1.807) is 5.38 Å². The molecular formula is C13H16N2O4S. The first-order valence-corrected chi connectivity index (χ1v) is 7.15. The number of hydrogen-bond acceptors (Lipinski definition) is 5. The Bertz CT molecular complexity index is 543. The van der Waals surface area contributed by atoms with E-state index in [2.05, 4.69) is 10.6 Å². The van der Waals surface area contributed by atoms with Crippen LogP contribution in [-0.2, 0) is 14.3 Å². The van der Waals surface area contributed by atoms with Gasteiger partial charge in [0.15, 0.2) is 0 Å². The third kappa shape index (κ3) is 2.98. The van der Waals surface area contributed by atoms with Gasteiger partial charge in [-0.15, -0.1) is 11.3 Å². The minimum atomic E-state index is -0.463. The average molecular weight is 296 g/mol. The number of esters is 1. The summed E-state index contributed by atoms with van der Waals surface area (Å²) >= 11 is 1.24. The maximum atomic E-state index is 12.2. The van der Waals surface area contributed by atoms with E-state index in [0.717, 1.165) is 5.56 Å². The molecule has 20 heavy (non-hydrogen) atoms. The number of carbonyl (C=O) groups is 3. The predicted molar refractivity (Wildman–Crippen MR) is 74.8 cm³/mol. The summed E-state index contributed by atoms with van der Waals surface area (Å²) in [6.45, 7) is 2.16. The normalized spacial score (nSPS) is 18.3. The molecule has 2 heterocycles. The molecule has 1 aliphatic rings. The zero-order chi connectivity index (χ0) is 14.7. The molecule has 2 rings (SSSR count). The number of hydrogen-bond donors (Lipinski definition) is 2. The molecular weight excluding hydrogens is 280 g/mol. The van der Waals surface area contributed by atoms with Gasteiger partial charge in [0.25, 0.3) is 0 Å². The average Bonchev–Trinajstić information content (AvgIpc) is 2.80. The number of methoxy groups -OCH3 is 1. The van der Waals surface area contributed by atoms with Crippen LogP contribution in [0.2, 0.25) is 0 Å². The lowest BCUT2D eigenvalue weighted by Gasteiger charge is -2.21. The summed E-state index contributed by atoms with van der Waals surface area (Å²) in [6.07, 6.45) is 0.874. The summed E-state index contributed by atoms with van der Waals surface area (Å²) in [5, 5.41) is 7.24. The van der Waals surface area contributed by atoms with Crippen molar-refractivity contribution in [3.8, 4) is 0 Å². The summed E-state index contributed by atoms with van der Waals surface area (Å²) in [6, 6.07) is 0. The summed E-state index contributed by atoms with van der Waals surface area (Å²) < 4.78 is 4.69. The van der Waals surface area contributed by atoms with Gasteiger partial charge in [-0.25, -0.2) is 4.79 Å². The summed E-state index contributed by atoms with van der Waals surface area (Å²) in [4.78, 5) is 35.3. The van der Waals surface area contributed by atoms with E-state index in [-0.39, 0.29) is 17.7 Å². The van der Waals surface area contributed by atoms with Crippen LogP contribution in [0.15, 0.2) is 5.38 Å². The van der Waals surface area contributed by atoms with Crippen LogP contribution in [0.3, 0.4) is 0 Å². The molecule has 1 aromatic rings. The molecule has 108 valence electrons. The number of aryl methyl sites for hydroxylation is 1. The number of carbonyl (C=O) groups excluding carboxylic acids is 3. The van der Waals surface area contributed by atoms with Crippen LogP contribution in [0.1, 0.15) is 28.1 Å². The van der Waals surface area contributed by atoms with Gasteiger partial charge in [-0.05, 0) is 24.3 Å². The van der Waals surface area contributed by atoms with Crippen LogP contribution in [0.4, 0.5) is 5.69 Å². The lowest BCUT2D eigenvalue weighted by Crippen LogP contribution is -2.40. The SMILES string of the molecule is COC(=O)c1scc(C)c1NC(=O)C1CCC(=O)NC1. The van der Waals surface area contributed by atoms with Crippen LogP contribution in [-0.4, -0.2) is 31.4 Å². The van der Waals surface area contributed by atoms with Crippen molar-refractivity contribution < 1.29 is 19.1 Å². The van der Waals surface area contributed by atoms with E-state index in [1.165, 1.54) is 18.4 Å². The Morgan fingerprint density at radius 1 is 1.50 bits per heavy atom. The van der Waals surface area contributed by atoms with Crippen molar-refractivity contribution in [3.05, 3.63) is 15.8 Å². The first kappa shape index (κ1) is 14.5. The van der Waals surface area contributed by atoms with Gasteiger partial charge < -0.3 is 15.4 Å². The number of nitrogens with one attached hydrogen (secondary N) is 2. The lowest BCUT2D eigenvalue weighted by atomic mass is 9.98. The second kappa shape index (κ2) is 6.04. The summed E-state index contributed by atoms with van der Waals surface area (Å²) in [5.74, 6) is -0.944. The van der Waals surface area contributed by atoms with Crippen LogP contribution >= 0.6 is 11.3 Å². The van der Waals surface area contributed by atoms with Crippen LogP contribution in [0, 0.1) is 12.8 Å². The first-order chi connectivity index (χ1) is 9.52. The van der Waals surface area contributed by atoms with Crippen LogP contribution in [0.5, 0.6) is 0 Å². The van der Waals surface area contributed by atoms with Gasteiger partial charge in [0.05, 0.1) is 18.7 Å². The highest BCUT2D eigenvalue weighted by Crippen LogP contribution is 2.29. The maximum absolute atomic E-state index is 12.2. The van der Waals surface area contributed by atoms with Gasteiger partial charge in [-0.1, -0.05) is 0 Å². The van der Waals surface area contributed by atoms with Crippen LogP contribution < -0.4 is 10.6 Å². The minimum absolute atomic E-state index is 0.0315. The van der Waals surface area contributed by atoms with E-state index in [1.807, 2.05) is 6.92 Å². The van der Waals surface area contributed by atoms with Gasteiger partial charge in [0.1, 0.15) is 4.88 Å². The van der Waals surface area contributed by atoms with E-state index < -0.39 is 5.97 Å². The third-order valence-corrected chi connectivity index (χ3v) is 4.31. The fourth-order valence-electron chi connectivity index (χ4n) is 2.02. The van der Waals surface area contributed by atoms with Gasteiger partial charge >= 0.3 is 5.97 Å². The molecule has 0 bridgehead atoms. The summed E-state index contributed by atoms with van der Waals surface area (Å²) in [5.41, 5.74) is 1.33. The van der Waals surface area contributed by atoms with Crippen molar-refractivity contribution in [1.29, 1.82) is 0 Å². The lowest BCUT2D eigenvalue weighted by molar-refractivity contribution is -0.126. The monoisotopic (exact) mass is 296 g/mol. The van der Waals surface area contributed by atoms with E-state index in [0.29, 0.717) is 30.0 Å². The fraction of sp³-hybridized carbons (Fsp3) is 0.462. The zero-order valence-electron chi connectivity index (χ0n) is 11.3. The van der Waals surface area contributed by atoms with Gasteiger partial charge in [0.2, 0.25) is 11.8 Å². The Labute approximate surface area is 120 Å². The molecule has 1 atom stereocenters. The molecule has 6 nitrogen and oxygen atoms in total. The third-order valence-electron chi connectivity index (χ3n) is 3.23. The molecule has 0 spiro atoms. The van der Waals surface area contributed by atoms with Crippen molar-refractivity contribution in [2.24, 2.45) is 5.92 Å². The molecule has 1 saturated heterocycles. The van der Waals surface area contributed by atoms with Crippen molar-refractivity contribution in [3.63, 3.8) is 0 Å².